The monoisotopic (exact) mass is 715 g/mol. The van der Waals surface area contributed by atoms with Crippen molar-refractivity contribution in [3.63, 3.8) is 0 Å². The molecule has 0 aliphatic rings. The van der Waals surface area contributed by atoms with Crippen molar-refractivity contribution in [3.05, 3.63) is 54.2 Å². The van der Waals surface area contributed by atoms with Gasteiger partial charge in [-0.2, -0.15) is 11.8 Å². The maximum Gasteiger partial charge on any atom is 0.328 e. The van der Waals surface area contributed by atoms with Crippen LogP contribution in [-0.2, 0) is 36.8 Å². The number of aliphatic carboxylic acids is 1. The summed E-state index contributed by atoms with van der Waals surface area (Å²) in [5.41, 5.74) is 18.8. The number of rotatable bonds is 21. The number of carbonyl (C=O) groups is 5. The van der Waals surface area contributed by atoms with Gasteiger partial charge in [-0.3, -0.25) is 24.2 Å². The molecule has 0 aliphatic carbocycles. The van der Waals surface area contributed by atoms with E-state index in [1.54, 1.807) is 12.5 Å². The van der Waals surface area contributed by atoms with Gasteiger partial charge in [0.05, 0.1) is 19.0 Å². The van der Waals surface area contributed by atoms with E-state index >= 15 is 0 Å². The van der Waals surface area contributed by atoms with Crippen molar-refractivity contribution in [1.29, 1.82) is 0 Å². The SMILES string of the molecule is CSCC[C@H](NC(=O)[C@H](Cc1c[nH]c2ccccc12)NC(=O)[C@H](Cc1cnc[nH]1)NC(=O)[C@@H](N)CCCN=C(N)N)C(=O)N[C@@H](CO)C(=O)O. The number of thioether (sulfide) groups is 1. The van der Waals surface area contributed by atoms with Gasteiger partial charge in [0.25, 0.3) is 0 Å². The second-order valence-corrected chi connectivity index (χ2v) is 12.4. The number of carboxylic acid groups (broad SMARTS) is 1. The van der Waals surface area contributed by atoms with E-state index in [1.165, 1.54) is 24.3 Å². The zero-order chi connectivity index (χ0) is 36.6. The van der Waals surface area contributed by atoms with Crippen molar-refractivity contribution < 1.29 is 34.2 Å². The van der Waals surface area contributed by atoms with E-state index in [4.69, 9.17) is 17.2 Å². The maximum absolute atomic E-state index is 13.9. The Morgan fingerprint density at radius 3 is 2.18 bits per heavy atom. The molecule has 0 fully saturated rings. The highest BCUT2D eigenvalue weighted by atomic mass is 32.2. The number of nitrogens with one attached hydrogen (secondary N) is 6. The highest BCUT2D eigenvalue weighted by Crippen LogP contribution is 2.19. The Morgan fingerprint density at radius 1 is 0.900 bits per heavy atom. The number of aromatic amines is 2. The fourth-order valence-corrected chi connectivity index (χ4v) is 5.46. The van der Waals surface area contributed by atoms with Gasteiger partial charge in [0.2, 0.25) is 23.6 Å². The molecule has 0 unspecified atom stereocenters. The average molecular weight is 716 g/mol. The summed E-state index contributed by atoms with van der Waals surface area (Å²) in [5.74, 6) is -3.97. The first-order chi connectivity index (χ1) is 23.9. The maximum atomic E-state index is 13.9. The number of imidazole rings is 1. The highest BCUT2D eigenvalue weighted by Gasteiger charge is 2.32. The number of nitrogens with zero attached hydrogens (tertiary/aromatic N) is 2. The fourth-order valence-electron chi connectivity index (χ4n) is 4.99. The summed E-state index contributed by atoms with van der Waals surface area (Å²) in [6.45, 7) is -0.591. The largest absolute Gasteiger partial charge is 0.480 e. The smallest absolute Gasteiger partial charge is 0.328 e. The van der Waals surface area contributed by atoms with Gasteiger partial charge >= 0.3 is 5.97 Å². The molecule has 0 radical (unpaired) electrons. The molecule has 3 aromatic rings. The Kier molecular flexibility index (Phi) is 15.5. The molecule has 272 valence electrons. The van der Waals surface area contributed by atoms with Crippen LogP contribution in [0.1, 0.15) is 30.5 Å². The number of guanidine groups is 1. The number of carbonyl (C=O) groups excluding carboxylic acids is 4. The number of benzene rings is 1. The molecular weight excluding hydrogens is 670 g/mol. The van der Waals surface area contributed by atoms with E-state index < -0.39 is 66.4 Å². The van der Waals surface area contributed by atoms with Gasteiger partial charge in [-0.1, -0.05) is 18.2 Å². The fraction of sp³-hybridized carbons (Fsp3) is 0.452. The summed E-state index contributed by atoms with van der Waals surface area (Å²) in [7, 11) is 0. The Bertz CT molecular complexity index is 1610. The van der Waals surface area contributed by atoms with Crippen molar-refractivity contribution in [3.8, 4) is 0 Å². The third-order valence-electron chi connectivity index (χ3n) is 7.69. The third kappa shape index (κ3) is 12.1. The number of para-hydroxylation sites is 1. The lowest BCUT2D eigenvalue weighted by molar-refractivity contribution is -0.143. The van der Waals surface area contributed by atoms with Crippen LogP contribution in [0.25, 0.3) is 10.9 Å². The molecule has 50 heavy (non-hydrogen) atoms. The number of amides is 4. The number of fused-ring (bicyclic) bond motifs is 1. The Labute approximate surface area is 292 Å². The van der Waals surface area contributed by atoms with Gasteiger partial charge in [-0.25, -0.2) is 9.78 Å². The summed E-state index contributed by atoms with van der Waals surface area (Å²) >= 11 is 1.40. The van der Waals surface area contributed by atoms with Crippen molar-refractivity contribution >= 4 is 58.2 Å². The topological polar surface area (TPSA) is 309 Å². The lowest BCUT2D eigenvalue weighted by atomic mass is 10.0. The van der Waals surface area contributed by atoms with Crippen molar-refractivity contribution in [2.24, 2.45) is 22.2 Å². The molecule has 0 saturated heterocycles. The number of carboxylic acids is 1. The van der Waals surface area contributed by atoms with Crippen LogP contribution in [0.3, 0.4) is 0 Å². The third-order valence-corrected chi connectivity index (χ3v) is 8.33. The first-order valence-electron chi connectivity index (χ1n) is 15.8. The van der Waals surface area contributed by atoms with E-state index in [-0.39, 0.29) is 38.2 Å². The Balaban J connectivity index is 1.87. The van der Waals surface area contributed by atoms with Crippen molar-refractivity contribution in [2.75, 3.05) is 25.2 Å². The minimum absolute atomic E-state index is 0.0120. The average Bonchev–Trinajstić information content (AvgIpc) is 3.76. The molecule has 0 aliphatic heterocycles. The number of aliphatic imine (C=N–C) groups is 1. The standard InChI is InChI=1S/C31H45N11O7S/c1-50-10-8-22(27(45)42-25(15-43)30(48)49)39-28(46)23(11-17-13-37-21-7-3-2-5-19(17)21)41-29(47)24(12-18-14-35-16-38-18)40-26(44)20(32)6-4-9-36-31(33)34/h2-3,5,7,13-14,16,20,22-25,37,43H,4,6,8-12,15,32H2,1H3,(H,35,38)(H,39,46)(H,40,44)(H,41,47)(H,42,45)(H,48,49)(H4,33,34,36)/t20-,22-,23-,24-,25-/m0/s1. The molecule has 4 amide bonds. The second kappa shape index (κ2) is 19.8. The number of nitrogens with two attached hydrogens (primary N) is 3. The van der Waals surface area contributed by atoms with E-state index in [0.717, 1.165) is 10.9 Å². The van der Waals surface area contributed by atoms with E-state index in [2.05, 4.69) is 41.2 Å². The summed E-state index contributed by atoms with van der Waals surface area (Å²) < 4.78 is 0. The van der Waals surface area contributed by atoms with E-state index in [9.17, 15) is 34.2 Å². The molecule has 14 N–H and O–H groups in total. The Morgan fingerprint density at radius 2 is 1.54 bits per heavy atom. The highest BCUT2D eigenvalue weighted by molar-refractivity contribution is 7.98. The first kappa shape index (κ1) is 39.3. The normalized spacial score (nSPS) is 14.1. The van der Waals surface area contributed by atoms with Crippen molar-refractivity contribution in [2.45, 2.75) is 62.3 Å². The molecule has 0 spiro atoms. The van der Waals surface area contributed by atoms with Crippen LogP contribution in [0.5, 0.6) is 0 Å². The number of hydrogen-bond donors (Lipinski definition) is 11. The Hall–Kier alpha value is -5.14. The van der Waals surface area contributed by atoms with Crippen LogP contribution in [0.4, 0.5) is 0 Å². The van der Waals surface area contributed by atoms with Crippen molar-refractivity contribution in [1.82, 2.24) is 36.2 Å². The molecule has 5 atom stereocenters. The number of H-pyrrole nitrogens is 2. The van der Waals surface area contributed by atoms with Crippen LogP contribution in [0.15, 0.2) is 48.0 Å². The molecule has 0 saturated carbocycles. The predicted octanol–water partition coefficient (Wildman–Crippen LogP) is -2.17. The molecular formula is C31H45N11O7S. The summed E-state index contributed by atoms with van der Waals surface area (Å²) in [5, 5.41) is 29.8. The number of aliphatic hydroxyl groups excluding tert-OH is 1. The quantitative estimate of drug-likeness (QED) is 0.0319. The van der Waals surface area contributed by atoms with Gasteiger partial charge < -0.3 is 58.6 Å². The van der Waals surface area contributed by atoms with Crippen LogP contribution < -0.4 is 38.5 Å². The summed E-state index contributed by atoms with van der Waals surface area (Å²) in [6.07, 6.45) is 7.15. The first-order valence-corrected chi connectivity index (χ1v) is 17.2. The minimum atomic E-state index is -1.58. The molecule has 2 aromatic heterocycles. The second-order valence-electron chi connectivity index (χ2n) is 11.4. The minimum Gasteiger partial charge on any atom is -0.480 e. The lowest BCUT2D eigenvalue weighted by Gasteiger charge is -2.26. The van der Waals surface area contributed by atoms with Gasteiger partial charge in [-0.15, -0.1) is 0 Å². The summed E-state index contributed by atoms with van der Waals surface area (Å²) in [6, 6.07) is 1.16. The van der Waals surface area contributed by atoms with Crippen LogP contribution in [-0.4, -0.2) is 116 Å². The predicted molar refractivity (Wildman–Crippen MR) is 188 cm³/mol. The molecule has 18 nitrogen and oxygen atoms in total. The lowest BCUT2D eigenvalue weighted by Crippen LogP contribution is -2.59. The van der Waals surface area contributed by atoms with Crippen LogP contribution >= 0.6 is 11.8 Å². The van der Waals surface area contributed by atoms with Gasteiger partial charge in [0.1, 0.15) is 24.2 Å². The number of aliphatic hydroxyl groups is 1. The molecule has 1 aromatic carbocycles. The number of hydrogen-bond acceptors (Lipinski definition) is 10. The molecule has 2 heterocycles. The van der Waals surface area contributed by atoms with Gasteiger partial charge in [0.15, 0.2) is 5.96 Å². The molecule has 0 bridgehead atoms. The zero-order valence-corrected chi connectivity index (χ0v) is 28.4. The molecule has 3 rings (SSSR count). The van der Waals surface area contributed by atoms with E-state index in [1.807, 2.05) is 24.3 Å². The van der Waals surface area contributed by atoms with Crippen LogP contribution in [0.2, 0.25) is 0 Å². The van der Waals surface area contributed by atoms with Gasteiger partial charge in [-0.05, 0) is 42.9 Å². The molecule has 19 heteroatoms. The summed E-state index contributed by atoms with van der Waals surface area (Å²) in [4.78, 5) is 79.4. The zero-order valence-electron chi connectivity index (χ0n) is 27.6. The number of aromatic nitrogens is 3. The van der Waals surface area contributed by atoms with Gasteiger partial charge in [0, 0.05) is 48.4 Å². The van der Waals surface area contributed by atoms with Crippen LogP contribution in [0, 0.1) is 0 Å². The van der Waals surface area contributed by atoms with E-state index in [0.29, 0.717) is 23.4 Å².